The first-order valence-electron chi connectivity index (χ1n) is 8.45. The van der Waals surface area contributed by atoms with Gasteiger partial charge in [-0.2, -0.15) is 0 Å². The zero-order valence-electron chi connectivity index (χ0n) is 12.9. The number of hydrogen-bond acceptors (Lipinski definition) is 1. The van der Waals surface area contributed by atoms with Crippen molar-refractivity contribution in [3.8, 4) is 0 Å². The molecule has 0 bridgehead atoms. The number of carboxylic acid groups (broad SMARTS) is 1. The maximum atomic E-state index is 11.1. The van der Waals surface area contributed by atoms with Crippen LogP contribution in [0.25, 0.3) is 0 Å². The Morgan fingerprint density at radius 2 is 1.71 bits per heavy atom. The van der Waals surface area contributed by atoms with Crippen molar-refractivity contribution < 1.29 is 9.90 Å². The minimum Gasteiger partial charge on any atom is -0.481 e. The van der Waals surface area contributed by atoms with Gasteiger partial charge in [-0.25, -0.2) is 0 Å². The Labute approximate surface area is 127 Å². The molecule has 0 aromatic heterocycles. The molecule has 2 fully saturated rings. The lowest BCUT2D eigenvalue weighted by Gasteiger charge is -2.27. The van der Waals surface area contributed by atoms with Crippen LogP contribution in [-0.2, 0) is 4.79 Å². The second-order valence-corrected chi connectivity index (χ2v) is 7.17. The predicted octanol–water partition coefficient (Wildman–Crippen LogP) is 4.95. The third kappa shape index (κ3) is 3.66. The summed E-state index contributed by atoms with van der Waals surface area (Å²) in [6.07, 6.45) is 7.97. The van der Waals surface area contributed by atoms with Crippen LogP contribution in [0.3, 0.4) is 0 Å². The fraction of sp³-hybridized carbons (Fsp3) is 0.632. The van der Waals surface area contributed by atoms with E-state index in [2.05, 4.69) is 31.2 Å². The van der Waals surface area contributed by atoms with Crippen LogP contribution in [0.1, 0.15) is 74.8 Å². The van der Waals surface area contributed by atoms with Crippen LogP contribution in [0, 0.1) is 11.8 Å². The molecule has 2 aliphatic carbocycles. The van der Waals surface area contributed by atoms with Crippen molar-refractivity contribution in [3.63, 3.8) is 0 Å². The van der Waals surface area contributed by atoms with E-state index in [0.29, 0.717) is 11.8 Å². The summed E-state index contributed by atoms with van der Waals surface area (Å²) in [5.74, 6) is 1.76. The summed E-state index contributed by atoms with van der Waals surface area (Å²) >= 11 is 0. The summed E-state index contributed by atoms with van der Waals surface area (Å²) in [4.78, 5) is 11.1. The van der Waals surface area contributed by atoms with Crippen molar-refractivity contribution in [2.24, 2.45) is 11.8 Å². The third-order valence-corrected chi connectivity index (χ3v) is 5.44. The van der Waals surface area contributed by atoms with E-state index < -0.39 is 5.97 Å². The van der Waals surface area contributed by atoms with Crippen LogP contribution in [0.2, 0.25) is 0 Å². The van der Waals surface area contributed by atoms with Crippen LogP contribution in [0.4, 0.5) is 0 Å². The van der Waals surface area contributed by atoms with E-state index in [9.17, 15) is 4.79 Å². The van der Waals surface area contributed by atoms with Crippen molar-refractivity contribution in [2.75, 3.05) is 0 Å². The van der Waals surface area contributed by atoms with Gasteiger partial charge in [0, 0.05) is 0 Å². The van der Waals surface area contributed by atoms with Gasteiger partial charge < -0.3 is 5.11 Å². The summed E-state index contributed by atoms with van der Waals surface area (Å²) in [7, 11) is 0. The average Bonchev–Trinajstić information content (AvgIpc) is 3.30. The van der Waals surface area contributed by atoms with Gasteiger partial charge in [-0.1, -0.05) is 44.0 Å². The molecular formula is C19H26O2. The van der Waals surface area contributed by atoms with E-state index in [1.165, 1.54) is 49.7 Å². The van der Waals surface area contributed by atoms with E-state index in [-0.39, 0.29) is 12.3 Å². The Bertz CT molecular complexity index is 479. The highest BCUT2D eigenvalue weighted by Gasteiger charge is 2.33. The second kappa shape index (κ2) is 6.21. The molecule has 2 nitrogen and oxygen atoms in total. The molecule has 2 aliphatic rings. The number of benzene rings is 1. The zero-order chi connectivity index (χ0) is 14.8. The molecular weight excluding hydrogens is 260 g/mol. The summed E-state index contributed by atoms with van der Waals surface area (Å²) in [6.45, 7) is 2.35. The molecule has 0 radical (unpaired) electrons. The molecule has 0 amide bonds. The lowest BCUT2D eigenvalue weighted by Crippen LogP contribution is -2.11. The molecule has 0 heterocycles. The Kier molecular flexibility index (Phi) is 4.32. The summed E-state index contributed by atoms with van der Waals surface area (Å²) in [6, 6.07) is 8.90. The third-order valence-electron chi connectivity index (χ3n) is 5.44. The first kappa shape index (κ1) is 14.6. The zero-order valence-corrected chi connectivity index (χ0v) is 12.9. The van der Waals surface area contributed by atoms with Gasteiger partial charge in [-0.05, 0) is 60.5 Å². The first-order valence-corrected chi connectivity index (χ1v) is 8.45. The smallest absolute Gasteiger partial charge is 0.303 e. The van der Waals surface area contributed by atoms with Gasteiger partial charge in [0.05, 0.1) is 6.42 Å². The largest absolute Gasteiger partial charge is 0.481 e. The number of carboxylic acids is 1. The molecule has 1 unspecified atom stereocenters. The van der Waals surface area contributed by atoms with E-state index in [1.54, 1.807) is 0 Å². The first-order chi connectivity index (χ1) is 10.1. The van der Waals surface area contributed by atoms with Crippen molar-refractivity contribution in [3.05, 3.63) is 35.4 Å². The monoisotopic (exact) mass is 286 g/mol. The molecule has 1 aromatic carbocycles. The molecule has 0 aliphatic heterocycles. The molecule has 0 saturated heterocycles. The van der Waals surface area contributed by atoms with Gasteiger partial charge in [0.15, 0.2) is 0 Å². The predicted molar refractivity (Wildman–Crippen MR) is 84.5 cm³/mol. The Morgan fingerprint density at radius 3 is 2.24 bits per heavy atom. The van der Waals surface area contributed by atoms with Gasteiger partial charge in [0.1, 0.15) is 0 Å². The molecule has 2 heteroatoms. The molecule has 21 heavy (non-hydrogen) atoms. The normalized spacial score (nSPS) is 27.3. The van der Waals surface area contributed by atoms with Crippen molar-refractivity contribution in [2.45, 2.75) is 63.7 Å². The fourth-order valence-corrected chi connectivity index (χ4v) is 3.85. The van der Waals surface area contributed by atoms with Crippen molar-refractivity contribution >= 4 is 5.97 Å². The summed E-state index contributed by atoms with van der Waals surface area (Å²) in [5.41, 5.74) is 2.68. The average molecular weight is 286 g/mol. The van der Waals surface area contributed by atoms with Gasteiger partial charge in [0.25, 0.3) is 0 Å². The number of rotatable bonds is 5. The van der Waals surface area contributed by atoms with Crippen LogP contribution in [0.5, 0.6) is 0 Å². The van der Waals surface area contributed by atoms with Crippen LogP contribution in [0.15, 0.2) is 24.3 Å². The summed E-state index contributed by atoms with van der Waals surface area (Å²) < 4.78 is 0. The number of hydrogen-bond donors (Lipinski definition) is 1. The van der Waals surface area contributed by atoms with E-state index in [0.717, 1.165) is 5.92 Å². The highest BCUT2D eigenvalue weighted by Crippen LogP contribution is 2.45. The van der Waals surface area contributed by atoms with Gasteiger partial charge in [-0.15, -0.1) is 0 Å². The minimum atomic E-state index is -0.669. The number of aliphatic carboxylic acids is 1. The lowest BCUT2D eigenvalue weighted by atomic mass is 9.79. The molecule has 0 spiro atoms. The molecule has 1 N–H and O–H groups in total. The highest BCUT2D eigenvalue weighted by molar-refractivity contribution is 5.68. The fourth-order valence-electron chi connectivity index (χ4n) is 3.85. The van der Waals surface area contributed by atoms with Crippen LogP contribution in [-0.4, -0.2) is 11.1 Å². The van der Waals surface area contributed by atoms with E-state index in [4.69, 9.17) is 5.11 Å². The van der Waals surface area contributed by atoms with Crippen molar-refractivity contribution in [1.82, 2.24) is 0 Å². The molecule has 1 atom stereocenters. The van der Waals surface area contributed by atoms with Gasteiger partial charge >= 0.3 is 5.97 Å². The van der Waals surface area contributed by atoms with Gasteiger partial charge in [-0.3, -0.25) is 4.79 Å². The van der Waals surface area contributed by atoms with E-state index >= 15 is 0 Å². The quantitative estimate of drug-likeness (QED) is 0.831. The molecule has 3 rings (SSSR count). The Balaban J connectivity index is 1.69. The van der Waals surface area contributed by atoms with Gasteiger partial charge in [0.2, 0.25) is 0 Å². The summed E-state index contributed by atoms with van der Waals surface area (Å²) in [5, 5.41) is 9.11. The second-order valence-electron chi connectivity index (χ2n) is 7.17. The molecule has 114 valence electrons. The highest BCUT2D eigenvalue weighted by atomic mass is 16.4. The van der Waals surface area contributed by atoms with Crippen molar-refractivity contribution in [1.29, 1.82) is 0 Å². The Morgan fingerprint density at radius 1 is 1.10 bits per heavy atom. The maximum absolute atomic E-state index is 11.1. The van der Waals surface area contributed by atoms with E-state index in [1.807, 2.05) is 0 Å². The Hall–Kier alpha value is -1.31. The topological polar surface area (TPSA) is 37.3 Å². The lowest BCUT2D eigenvalue weighted by molar-refractivity contribution is -0.137. The van der Waals surface area contributed by atoms with Crippen LogP contribution < -0.4 is 0 Å². The number of carbonyl (C=O) groups is 1. The minimum absolute atomic E-state index is 0.225. The SMILES string of the molecule is CC1CCC(c2ccc(C(CC(=O)O)C3CC3)cc2)CC1. The molecule has 2 saturated carbocycles. The standard InChI is InChI=1S/C19H26O2/c1-13-2-4-14(5-3-13)15-6-8-16(9-7-15)18(12-19(20)21)17-10-11-17/h6-9,13-14,17-18H,2-5,10-12H2,1H3,(H,20,21). The van der Waals surface area contributed by atoms with Crippen LogP contribution >= 0.6 is 0 Å². The maximum Gasteiger partial charge on any atom is 0.303 e. The molecule has 1 aromatic rings.